The van der Waals surface area contributed by atoms with Gasteiger partial charge in [0.25, 0.3) is 5.91 Å². The minimum Gasteiger partial charge on any atom is -0.307 e. The Hall–Kier alpha value is -3.18. The van der Waals surface area contributed by atoms with Crippen molar-refractivity contribution in [1.29, 1.82) is 10.5 Å². The Labute approximate surface area is 109 Å². The zero-order valence-electron chi connectivity index (χ0n) is 9.79. The second-order valence-corrected chi connectivity index (χ2v) is 3.69. The van der Waals surface area contributed by atoms with Crippen molar-refractivity contribution < 1.29 is 4.79 Å². The smallest absolute Gasteiger partial charge is 0.256 e. The molecule has 19 heavy (non-hydrogen) atoms. The first-order valence-electron chi connectivity index (χ1n) is 5.40. The van der Waals surface area contributed by atoms with Gasteiger partial charge in [-0.05, 0) is 36.4 Å². The van der Waals surface area contributed by atoms with Gasteiger partial charge in [0, 0.05) is 11.8 Å². The molecule has 1 aromatic carbocycles. The lowest BCUT2D eigenvalue weighted by Gasteiger charge is -2.04. The molecule has 1 amide bonds. The van der Waals surface area contributed by atoms with Crippen LogP contribution < -0.4 is 5.32 Å². The lowest BCUT2D eigenvalue weighted by molar-refractivity contribution is 0.102. The van der Waals surface area contributed by atoms with E-state index in [1.54, 1.807) is 36.4 Å². The highest BCUT2D eigenvalue weighted by Gasteiger charge is 2.06. The Bertz CT molecular complexity index is 675. The molecule has 0 aliphatic heterocycles. The highest BCUT2D eigenvalue weighted by molar-refractivity contribution is 6.03. The van der Waals surface area contributed by atoms with E-state index in [1.807, 2.05) is 12.1 Å². The predicted octanol–water partition coefficient (Wildman–Crippen LogP) is 2.08. The van der Waals surface area contributed by atoms with Crippen LogP contribution >= 0.6 is 0 Å². The summed E-state index contributed by atoms with van der Waals surface area (Å²) in [4.78, 5) is 15.8. The van der Waals surface area contributed by atoms with Crippen molar-refractivity contribution in [3.63, 3.8) is 0 Å². The molecule has 2 rings (SSSR count). The third-order valence-corrected chi connectivity index (χ3v) is 2.41. The van der Waals surface area contributed by atoms with Crippen molar-refractivity contribution in [2.45, 2.75) is 0 Å². The molecule has 0 aliphatic carbocycles. The van der Waals surface area contributed by atoms with Crippen molar-refractivity contribution in [2.24, 2.45) is 0 Å². The van der Waals surface area contributed by atoms with Crippen LogP contribution in [0, 0.1) is 22.7 Å². The van der Waals surface area contributed by atoms with Crippen LogP contribution in [-0.4, -0.2) is 10.9 Å². The number of hydrogen-bond donors (Lipinski definition) is 1. The summed E-state index contributed by atoms with van der Waals surface area (Å²) >= 11 is 0. The highest BCUT2D eigenvalue weighted by atomic mass is 16.1. The molecule has 0 atom stereocenters. The number of pyridine rings is 1. The fraction of sp³-hybridized carbons (Fsp3) is 0. The molecule has 0 fully saturated rings. The Kier molecular flexibility index (Phi) is 3.51. The second kappa shape index (κ2) is 5.44. The summed E-state index contributed by atoms with van der Waals surface area (Å²) in [5.74, 6) is 0.0510. The summed E-state index contributed by atoms with van der Waals surface area (Å²) in [5.41, 5.74) is 1.36. The maximum Gasteiger partial charge on any atom is 0.256 e. The zero-order valence-corrected chi connectivity index (χ0v) is 9.79. The fourth-order valence-corrected chi connectivity index (χ4v) is 1.42. The summed E-state index contributed by atoms with van der Waals surface area (Å²) in [5, 5.41) is 19.9. The first-order valence-corrected chi connectivity index (χ1v) is 5.40. The molecule has 2 aromatic rings. The van der Waals surface area contributed by atoms with Crippen molar-refractivity contribution >= 4 is 11.7 Å². The molecule has 0 radical (unpaired) electrons. The highest BCUT2D eigenvalue weighted by Crippen LogP contribution is 2.08. The number of anilines is 1. The quantitative estimate of drug-likeness (QED) is 0.880. The molecule has 0 saturated carbocycles. The van der Waals surface area contributed by atoms with Crippen molar-refractivity contribution in [1.82, 2.24) is 4.98 Å². The number of nitriles is 2. The lowest BCUT2D eigenvalue weighted by Crippen LogP contribution is -2.12. The first kappa shape index (κ1) is 12.3. The van der Waals surface area contributed by atoms with Gasteiger partial charge in [0.1, 0.15) is 11.9 Å². The molecule has 0 unspecified atom stereocenters. The Morgan fingerprint density at radius 3 is 2.16 bits per heavy atom. The molecule has 1 N–H and O–H groups in total. The average molecular weight is 248 g/mol. The van der Waals surface area contributed by atoms with Gasteiger partial charge in [-0.3, -0.25) is 4.79 Å². The maximum atomic E-state index is 11.9. The van der Waals surface area contributed by atoms with Crippen LogP contribution in [0.1, 0.15) is 21.5 Å². The van der Waals surface area contributed by atoms with E-state index < -0.39 is 0 Å². The maximum absolute atomic E-state index is 11.9. The fourth-order valence-electron chi connectivity index (χ4n) is 1.42. The van der Waals surface area contributed by atoms with Crippen LogP contribution in [0.5, 0.6) is 0 Å². The third-order valence-electron chi connectivity index (χ3n) is 2.41. The van der Waals surface area contributed by atoms with E-state index >= 15 is 0 Å². The zero-order chi connectivity index (χ0) is 13.7. The van der Waals surface area contributed by atoms with Gasteiger partial charge < -0.3 is 5.32 Å². The number of benzene rings is 1. The van der Waals surface area contributed by atoms with E-state index in [0.29, 0.717) is 22.5 Å². The van der Waals surface area contributed by atoms with E-state index in [9.17, 15) is 4.79 Å². The molecule has 5 heteroatoms. The summed E-state index contributed by atoms with van der Waals surface area (Å²) in [6.07, 6.45) is 1.38. The monoisotopic (exact) mass is 248 g/mol. The van der Waals surface area contributed by atoms with Gasteiger partial charge in [0.15, 0.2) is 0 Å². The number of rotatable bonds is 2. The van der Waals surface area contributed by atoms with Crippen LogP contribution in [0.4, 0.5) is 5.82 Å². The average Bonchev–Trinajstić information content (AvgIpc) is 2.48. The number of carbonyl (C=O) groups is 1. The first-order chi connectivity index (χ1) is 9.22. The Balaban J connectivity index is 2.11. The molecule has 0 bridgehead atoms. The summed E-state index contributed by atoms with van der Waals surface area (Å²) < 4.78 is 0. The summed E-state index contributed by atoms with van der Waals surface area (Å²) in [7, 11) is 0. The molecular formula is C14H8N4O. The van der Waals surface area contributed by atoms with Crippen LogP contribution in [0.2, 0.25) is 0 Å². The van der Waals surface area contributed by atoms with Crippen LogP contribution in [-0.2, 0) is 0 Å². The molecule has 90 valence electrons. The van der Waals surface area contributed by atoms with Gasteiger partial charge in [-0.25, -0.2) is 4.98 Å². The van der Waals surface area contributed by atoms with Crippen LogP contribution in [0.25, 0.3) is 0 Å². The van der Waals surface area contributed by atoms with Crippen molar-refractivity contribution in [2.75, 3.05) is 5.32 Å². The molecule has 0 aliphatic rings. The largest absolute Gasteiger partial charge is 0.307 e. The van der Waals surface area contributed by atoms with Crippen molar-refractivity contribution in [3.8, 4) is 12.1 Å². The number of carbonyl (C=O) groups excluding carboxylic acids is 1. The lowest BCUT2D eigenvalue weighted by atomic mass is 10.1. The van der Waals surface area contributed by atoms with Crippen LogP contribution in [0.15, 0.2) is 42.6 Å². The van der Waals surface area contributed by atoms with Crippen LogP contribution in [0.3, 0.4) is 0 Å². The van der Waals surface area contributed by atoms with Crippen molar-refractivity contribution in [3.05, 3.63) is 59.3 Å². The third kappa shape index (κ3) is 2.93. The number of amides is 1. The number of nitrogens with one attached hydrogen (secondary N) is 1. The molecule has 0 spiro atoms. The van der Waals surface area contributed by atoms with E-state index in [2.05, 4.69) is 10.3 Å². The number of aromatic nitrogens is 1. The summed E-state index contributed by atoms with van der Waals surface area (Å²) in [6.45, 7) is 0. The topological polar surface area (TPSA) is 89.6 Å². The number of hydrogen-bond acceptors (Lipinski definition) is 4. The number of nitrogens with zero attached hydrogens (tertiary/aromatic N) is 3. The summed E-state index contributed by atoms with van der Waals surface area (Å²) in [6, 6.07) is 13.3. The molecule has 1 heterocycles. The minimum atomic E-state index is -0.318. The van der Waals surface area contributed by atoms with Gasteiger partial charge in [-0.1, -0.05) is 0 Å². The van der Waals surface area contributed by atoms with E-state index in [0.717, 1.165) is 0 Å². The van der Waals surface area contributed by atoms with Gasteiger partial charge >= 0.3 is 0 Å². The predicted molar refractivity (Wildman–Crippen MR) is 68.1 cm³/mol. The normalized spacial score (nSPS) is 9.16. The van der Waals surface area contributed by atoms with E-state index in [-0.39, 0.29) is 5.91 Å². The van der Waals surface area contributed by atoms with Gasteiger partial charge in [0.05, 0.1) is 17.2 Å². The standard InChI is InChI=1S/C14H8N4O/c15-7-10-1-4-12(5-2-10)14(19)18-13-6-3-11(8-16)9-17-13/h1-6,9H,(H,17,18,19). The van der Waals surface area contributed by atoms with E-state index in [1.165, 1.54) is 6.20 Å². The second-order valence-electron chi connectivity index (χ2n) is 3.69. The SMILES string of the molecule is N#Cc1ccc(C(=O)Nc2ccc(C#N)cn2)cc1. The molecule has 5 nitrogen and oxygen atoms in total. The molecule has 1 aromatic heterocycles. The van der Waals surface area contributed by atoms with E-state index in [4.69, 9.17) is 10.5 Å². The minimum absolute atomic E-state index is 0.318. The Morgan fingerprint density at radius 1 is 1.00 bits per heavy atom. The van der Waals surface area contributed by atoms with Gasteiger partial charge in [0.2, 0.25) is 0 Å². The van der Waals surface area contributed by atoms with Gasteiger partial charge in [-0.2, -0.15) is 10.5 Å². The Morgan fingerprint density at radius 2 is 1.63 bits per heavy atom. The van der Waals surface area contributed by atoms with Gasteiger partial charge in [-0.15, -0.1) is 0 Å². The molecule has 0 saturated heterocycles. The molecular weight excluding hydrogens is 240 g/mol.